The van der Waals surface area contributed by atoms with E-state index in [0.29, 0.717) is 6.42 Å². The van der Waals surface area contributed by atoms with Gasteiger partial charge < -0.3 is 11.8 Å². The molecule has 0 saturated heterocycles. The summed E-state index contributed by atoms with van der Waals surface area (Å²) in [7, 11) is 0. The number of unbranched alkanes of at least 4 members (excludes halogenated alkanes) is 6. The zero-order chi connectivity index (χ0) is 14.7. The second kappa shape index (κ2) is 13.9. The number of carboxylic acid groups (broad SMARTS) is 1. The molecule has 0 aromatic carbocycles. The van der Waals surface area contributed by atoms with E-state index in [4.69, 9.17) is 5.11 Å². The molecule has 0 aliphatic rings. The Balaban J connectivity index is -0.00000162. The first-order valence-electron chi connectivity index (χ1n) is 7.51. The molecule has 0 radical (unpaired) electrons. The van der Waals surface area contributed by atoms with Crippen molar-refractivity contribution in [2.75, 3.05) is 0 Å². The van der Waals surface area contributed by atoms with Crippen LogP contribution in [0.3, 0.4) is 0 Å². The van der Waals surface area contributed by atoms with Gasteiger partial charge in [-0.3, -0.25) is 4.79 Å². The van der Waals surface area contributed by atoms with Crippen LogP contribution in [0.4, 0.5) is 0 Å². The van der Waals surface area contributed by atoms with Crippen molar-refractivity contribution in [3.8, 4) is 0 Å². The predicted molar refractivity (Wildman–Crippen MR) is 78.1 cm³/mol. The molecule has 4 nitrogen and oxygen atoms in total. The summed E-state index contributed by atoms with van der Waals surface area (Å²) in [5.41, 5.74) is 0. The summed E-state index contributed by atoms with van der Waals surface area (Å²) in [5, 5.41) is 11.6. The second-order valence-electron chi connectivity index (χ2n) is 5.50. The van der Waals surface area contributed by atoms with Gasteiger partial charge in [0.1, 0.15) is 6.04 Å². The van der Waals surface area contributed by atoms with Crippen LogP contribution >= 0.6 is 0 Å². The van der Waals surface area contributed by atoms with Gasteiger partial charge >= 0.3 is 35.5 Å². The van der Waals surface area contributed by atoms with Gasteiger partial charge in [0.25, 0.3) is 0 Å². The molecule has 1 amide bonds. The van der Waals surface area contributed by atoms with E-state index in [0.717, 1.165) is 12.8 Å². The fourth-order valence-corrected chi connectivity index (χ4v) is 2.00. The Morgan fingerprint density at radius 1 is 1.05 bits per heavy atom. The van der Waals surface area contributed by atoms with Crippen molar-refractivity contribution in [3.05, 3.63) is 0 Å². The van der Waals surface area contributed by atoms with Crippen LogP contribution < -0.4 is 34.9 Å². The normalized spacial score (nSPS) is 11.8. The zero-order valence-corrected chi connectivity index (χ0v) is 15.6. The minimum absolute atomic E-state index is 0. The standard InChI is InChI=1S/C15H29NO3.Na.H/c1-4-5-6-7-8-9-10-11-13(17)16-14(12(2)3)15(18)19;;/h12,14H,4-11H2,1-3H3,(H,16,17)(H,18,19);;/q;+1;-1/t14-;;/m0../s1. The summed E-state index contributed by atoms with van der Waals surface area (Å²) in [4.78, 5) is 22.6. The largest absolute Gasteiger partial charge is 1.00 e. The van der Waals surface area contributed by atoms with Crippen molar-refractivity contribution >= 4 is 11.9 Å². The predicted octanol–water partition coefficient (Wildman–Crippen LogP) is 0.469. The number of rotatable bonds is 11. The van der Waals surface area contributed by atoms with Crippen LogP contribution in [0.5, 0.6) is 0 Å². The third kappa shape index (κ3) is 11.7. The van der Waals surface area contributed by atoms with E-state index in [-0.39, 0.29) is 42.8 Å². The molecule has 0 bridgehead atoms. The summed E-state index contributed by atoms with van der Waals surface area (Å²) in [6, 6.07) is -0.767. The Kier molecular flexibility index (Phi) is 15.4. The van der Waals surface area contributed by atoms with Gasteiger partial charge in [0.15, 0.2) is 0 Å². The molecule has 0 rings (SSSR count). The first kappa shape index (κ1) is 22.2. The molecule has 114 valence electrons. The third-order valence-electron chi connectivity index (χ3n) is 3.26. The maximum atomic E-state index is 11.6. The van der Waals surface area contributed by atoms with E-state index >= 15 is 0 Å². The maximum Gasteiger partial charge on any atom is 1.00 e. The Bertz CT molecular complexity index is 276. The first-order valence-corrected chi connectivity index (χ1v) is 7.51. The Labute approximate surface area is 146 Å². The van der Waals surface area contributed by atoms with Crippen LogP contribution in [-0.2, 0) is 9.59 Å². The van der Waals surface area contributed by atoms with Crippen molar-refractivity contribution in [1.29, 1.82) is 0 Å². The van der Waals surface area contributed by atoms with E-state index in [1.165, 1.54) is 32.1 Å². The molecule has 1 atom stereocenters. The van der Waals surface area contributed by atoms with Crippen molar-refractivity contribution in [2.45, 2.75) is 78.2 Å². The van der Waals surface area contributed by atoms with Gasteiger partial charge in [0, 0.05) is 6.42 Å². The van der Waals surface area contributed by atoms with Crippen LogP contribution in [0.2, 0.25) is 0 Å². The SMILES string of the molecule is CCCCCCCCCC(=O)N[C@H](C(=O)O)C(C)C.[H-].[Na+]. The Morgan fingerprint density at radius 3 is 2.00 bits per heavy atom. The van der Waals surface area contributed by atoms with E-state index in [2.05, 4.69) is 12.2 Å². The zero-order valence-electron chi connectivity index (χ0n) is 14.6. The van der Waals surface area contributed by atoms with Crippen LogP contribution in [0.25, 0.3) is 0 Å². The van der Waals surface area contributed by atoms with Crippen molar-refractivity contribution in [1.82, 2.24) is 5.32 Å². The molecule has 0 aliphatic heterocycles. The Morgan fingerprint density at radius 2 is 1.55 bits per heavy atom. The molecule has 2 N–H and O–H groups in total. The number of carboxylic acids is 1. The molecule has 20 heavy (non-hydrogen) atoms. The minimum Gasteiger partial charge on any atom is -1.00 e. The van der Waals surface area contributed by atoms with Crippen LogP contribution in [0.1, 0.15) is 73.6 Å². The van der Waals surface area contributed by atoms with Gasteiger partial charge in [0.05, 0.1) is 0 Å². The molecule has 0 unspecified atom stereocenters. The molecule has 0 fully saturated rings. The number of nitrogens with one attached hydrogen (secondary N) is 1. The third-order valence-corrected chi connectivity index (χ3v) is 3.26. The minimum atomic E-state index is -0.956. The molecule has 0 saturated carbocycles. The number of hydrogen-bond acceptors (Lipinski definition) is 2. The average molecular weight is 295 g/mol. The van der Waals surface area contributed by atoms with E-state index in [9.17, 15) is 9.59 Å². The van der Waals surface area contributed by atoms with E-state index < -0.39 is 12.0 Å². The Hall–Kier alpha value is -0.0600. The van der Waals surface area contributed by atoms with Gasteiger partial charge in [-0.15, -0.1) is 0 Å². The van der Waals surface area contributed by atoms with Crippen molar-refractivity contribution in [2.24, 2.45) is 5.92 Å². The number of hydrogen-bond donors (Lipinski definition) is 2. The molecular weight excluding hydrogens is 265 g/mol. The number of carbonyl (C=O) groups excluding carboxylic acids is 1. The fraction of sp³-hybridized carbons (Fsp3) is 0.867. The molecule has 0 aromatic heterocycles. The monoisotopic (exact) mass is 295 g/mol. The molecule has 0 spiro atoms. The van der Waals surface area contributed by atoms with Crippen LogP contribution in [0, 0.1) is 5.92 Å². The number of carbonyl (C=O) groups is 2. The molecule has 0 aromatic rings. The van der Waals surface area contributed by atoms with Gasteiger partial charge in [0.2, 0.25) is 5.91 Å². The smallest absolute Gasteiger partial charge is 1.00 e. The first-order chi connectivity index (χ1) is 8.99. The number of aliphatic carboxylic acids is 1. The molecular formula is C15H30NNaO3. The fourth-order valence-electron chi connectivity index (χ4n) is 2.00. The molecule has 0 aliphatic carbocycles. The summed E-state index contributed by atoms with van der Waals surface area (Å²) < 4.78 is 0. The topological polar surface area (TPSA) is 66.4 Å². The second-order valence-corrected chi connectivity index (χ2v) is 5.50. The summed E-state index contributed by atoms with van der Waals surface area (Å²) >= 11 is 0. The quantitative estimate of drug-likeness (QED) is 0.430. The van der Waals surface area contributed by atoms with Crippen LogP contribution in [-0.4, -0.2) is 23.0 Å². The summed E-state index contributed by atoms with van der Waals surface area (Å²) in [5.74, 6) is -1.19. The van der Waals surface area contributed by atoms with Gasteiger partial charge in [-0.05, 0) is 12.3 Å². The maximum absolute atomic E-state index is 11.6. The molecule has 0 heterocycles. The van der Waals surface area contributed by atoms with Crippen LogP contribution in [0.15, 0.2) is 0 Å². The number of amides is 1. The van der Waals surface area contributed by atoms with Crippen molar-refractivity contribution < 1.29 is 45.7 Å². The van der Waals surface area contributed by atoms with Gasteiger partial charge in [-0.1, -0.05) is 59.3 Å². The average Bonchev–Trinajstić information content (AvgIpc) is 2.34. The van der Waals surface area contributed by atoms with Crippen molar-refractivity contribution in [3.63, 3.8) is 0 Å². The van der Waals surface area contributed by atoms with E-state index in [1.807, 2.05) is 0 Å². The summed E-state index contributed by atoms with van der Waals surface area (Å²) in [6.45, 7) is 5.79. The van der Waals surface area contributed by atoms with Gasteiger partial charge in [-0.2, -0.15) is 0 Å². The van der Waals surface area contributed by atoms with E-state index in [1.54, 1.807) is 13.8 Å². The summed E-state index contributed by atoms with van der Waals surface area (Å²) in [6.07, 6.45) is 8.54. The molecule has 5 heteroatoms. The van der Waals surface area contributed by atoms with Gasteiger partial charge in [-0.25, -0.2) is 4.79 Å².